The fraction of sp³-hybridized carbons (Fsp3) is 0.545. The van der Waals surface area contributed by atoms with Gasteiger partial charge in [-0.25, -0.2) is 0 Å². The Morgan fingerprint density at radius 3 is 2.00 bits per heavy atom. The number of aromatic nitrogens is 2. The number of ether oxygens (including phenoxy) is 1. The third-order valence-electron chi connectivity index (χ3n) is 5.71. The van der Waals surface area contributed by atoms with Gasteiger partial charge in [-0.3, -0.25) is 14.9 Å². The zero-order chi connectivity index (χ0) is 19.2. The van der Waals surface area contributed by atoms with Gasteiger partial charge in [0.05, 0.1) is 29.6 Å². The van der Waals surface area contributed by atoms with Crippen LogP contribution in [0, 0.1) is 13.8 Å². The molecular weight excluding hydrogens is 336 g/mol. The lowest BCUT2D eigenvalue weighted by atomic mass is 9.86. The molecule has 0 bridgehead atoms. The number of hydrogen-bond donors (Lipinski definition) is 1. The van der Waals surface area contributed by atoms with E-state index in [1.165, 1.54) is 11.1 Å². The molecule has 5 heteroatoms. The van der Waals surface area contributed by atoms with Crippen LogP contribution in [0.2, 0.25) is 0 Å². The lowest BCUT2D eigenvalue weighted by Gasteiger charge is -2.45. The van der Waals surface area contributed by atoms with Crippen molar-refractivity contribution in [2.24, 2.45) is 5.73 Å². The summed E-state index contributed by atoms with van der Waals surface area (Å²) in [5.41, 5.74) is 10.6. The minimum absolute atomic E-state index is 0.202. The van der Waals surface area contributed by atoms with Gasteiger partial charge in [0.15, 0.2) is 0 Å². The normalized spacial score (nSPS) is 23.5. The molecule has 27 heavy (non-hydrogen) atoms. The number of aryl methyl sites for hydroxylation is 2. The van der Waals surface area contributed by atoms with E-state index < -0.39 is 0 Å². The highest BCUT2D eigenvalue weighted by Crippen LogP contribution is 2.43. The first-order chi connectivity index (χ1) is 13.2. The number of rotatable bonds is 7. The number of nitrogens with zero attached hydrogens (tertiary/aromatic N) is 3. The van der Waals surface area contributed by atoms with Crippen LogP contribution in [0.3, 0.4) is 0 Å². The van der Waals surface area contributed by atoms with Crippen LogP contribution in [0.5, 0.6) is 0 Å². The van der Waals surface area contributed by atoms with Gasteiger partial charge in [0.1, 0.15) is 0 Å². The van der Waals surface area contributed by atoms with Crippen LogP contribution in [0.15, 0.2) is 36.7 Å². The van der Waals surface area contributed by atoms with Crippen molar-refractivity contribution in [2.45, 2.75) is 57.7 Å². The molecule has 1 unspecified atom stereocenters. The van der Waals surface area contributed by atoms with Gasteiger partial charge < -0.3 is 10.5 Å². The molecule has 1 aliphatic rings. The number of pyridine rings is 2. The Kier molecular flexibility index (Phi) is 6.94. The second-order valence-electron chi connectivity index (χ2n) is 7.51. The fourth-order valence-corrected chi connectivity index (χ4v) is 4.26. The SMILES string of the molecule is COC1C[C@H](c2ncccc2C)N(CCCCN)[C@H](c2ncccc2C)C1. The minimum Gasteiger partial charge on any atom is -0.381 e. The topological polar surface area (TPSA) is 64.3 Å². The lowest BCUT2D eigenvalue weighted by Crippen LogP contribution is -2.43. The molecule has 1 saturated heterocycles. The zero-order valence-electron chi connectivity index (χ0n) is 16.8. The fourth-order valence-electron chi connectivity index (χ4n) is 4.26. The Bertz CT molecular complexity index is 680. The predicted molar refractivity (Wildman–Crippen MR) is 108 cm³/mol. The number of likely N-dealkylation sites (tertiary alicyclic amines) is 1. The van der Waals surface area contributed by atoms with Gasteiger partial charge in [-0.2, -0.15) is 0 Å². The second kappa shape index (κ2) is 9.40. The first kappa shape index (κ1) is 19.9. The van der Waals surface area contributed by atoms with Crippen LogP contribution in [-0.2, 0) is 4.74 Å². The van der Waals surface area contributed by atoms with Gasteiger partial charge in [0.25, 0.3) is 0 Å². The summed E-state index contributed by atoms with van der Waals surface area (Å²) in [4.78, 5) is 12.1. The van der Waals surface area contributed by atoms with Crippen molar-refractivity contribution in [3.8, 4) is 0 Å². The Balaban J connectivity index is 2.00. The van der Waals surface area contributed by atoms with E-state index in [0.29, 0.717) is 0 Å². The van der Waals surface area contributed by atoms with Crippen LogP contribution in [-0.4, -0.2) is 41.2 Å². The van der Waals surface area contributed by atoms with E-state index in [0.717, 1.165) is 50.2 Å². The number of unbranched alkanes of at least 4 members (excludes halogenated alkanes) is 1. The molecule has 0 aliphatic carbocycles. The summed E-state index contributed by atoms with van der Waals surface area (Å²) in [6.45, 7) is 6.03. The van der Waals surface area contributed by atoms with E-state index in [1.807, 2.05) is 31.6 Å². The van der Waals surface area contributed by atoms with Crippen molar-refractivity contribution in [1.82, 2.24) is 14.9 Å². The molecule has 2 N–H and O–H groups in total. The summed E-state index contributed by atoms with van der Waals surface area (Å²) < 4.78 is 5.85. The first-order valence-electron chi connectivity index (χ1n) is 9.97. The van der Waals surface area contributed by atoms with Gasteiger partial charge in [-0.05, 0) is 75.9 Å². The molecule has 1 aliphatic heterocycles. The predicted octanol–water partition coefficient (Wildman–Crippen LogP) is 3.73. The molecule has 2 aromatic rings. The summed E-state index contributed by atoms with van der Waals surface area (Å²) in [6, 6.07) is 8.78. The molecular formula is C22H32N4O. The molecule has 3 atom stereocenters. The summed E-state index contributed by atoms with van der Waals surface area (Å²) in [6.07, 6.45) is 8.04. The highest BCUT2D eigenvalue weighted by atomic mass is 16.5. The van der Waals surface area contributed by atoms with Gasteiger partial charge in [-0.15, -0.1) is 0 Å². The van der Waals surface area contributed by atoms with Crippen molar-refractivity contribution in [3.05, 3.63) is 59.2 Å². The number of nitrogens with two attached hydrogens (primary N) is 1. The second-order valence-corrected chi connectivity index (χ2v) is 7.51. The molecule has 0 amide bonds. The van der Waals surface area contributed by atoms with Crippen molar-refractivity contribution < 1.29 is 4.74 Å². The van der Waals surface area contributed by atoms with E-state index in [2.05, 4.69) is 30.9 Å². The maximum Gasteiger partial charge on any atom is 0.0609 e. The van der Waals surface area contributed by atoms with E-state index in [-0.39, 0.29) is 18.2 Å². The van der Waals surface area contributed by atoms with Gasteiger partial charge in [-0.1, -0.05) is 12.1 Å². The van der Waals surface area contributed by atoms with E-state index in [4.69, 9.17) is 20.4 Å². The molecule has 0 radical (unpaired) electrons. The van der Waals surface area contributed by atoms with Gasteiger partial charge in [0, 0.05) is 19.5 Å². The summed E-state index contributed by atoms with van der Waals surface area (Å²) in [5.74, 6) is 0. The summed E-state index contributed by atoms with van der Waals surface area (Å²) in [7, 11) is 1.82. The maximum atomic E-state index is 5.85. The lowest BCUT2D eigenvalue weighted by molar-refractivity contribution is -0.0277. The van der Waals surface area contributed by atoms with Crippen molar-refractivity contribution in [1.29, 1.82) is 0 Å². The monoisotopic (exact) mass is 368 g/mol. The molecule has 0 aromatic carbocycles. The van der Waals surface area contributed by atoms with Crippen molar-refractivity contribution in [2.75, 3.05) is 20.2 Å². The Labute approximate surface area is 163 Å². The molecule has 5 nitrogen and oxygen atoms in total. The quantitative estimate of drug-likeness (QED) is 0.755. The molecule has 2 aromatic heterocycles. The number of piperidine rings is 1. The average Bonchev–Trinajstić information content (AvgIpc) is 2.69. The highest BCUT2D eigenvalue weighted by molar-refractivity contribution is 5.26. The standard InChI is InChI=1S/C22H32N4O/c1-16-8-6-11-24-21(16)19-14-18(27-3)15-20(26(19)13-5-4-10-23)22-17(2)9-7-12-25-22/h6-9,11-12,18-20H,4-5,10,13-15,23H2,1-3H3/t18?,19-,20+. The molecule has 3 heterocycles. The summed E-state index contributed by atoms with van der Waals surface area (Å²) in [5, 5.41) is 0. The van der Waals surface area contributed by atoms with E-state index >= 15 is 0 Å². The molecule has 146 valence electrons. The number of methoxy groups -OCH3 is 1. The maximum absolute atomic E-state index is 5.85. The van der Waals surface area contributed by atoms with Crippen molar-refractivity contribution >= 4 is 0 Å². The summed E-state index contributed by atoms with van der Waals surface area (Å²) >= 11 is 0. The van der Waals surface area contributed by atoms with Crippen molar-refractivity contribution in [3.63, 3.8) is 0 Å². The minimum atomic E-state index is 0.202. The van der Waals surface area contributed by atoms with Gasteiger partial charge in [0.2, 0.25) is 0 Å². The smallest absolute Gasteiger partial charge is 0.0609 e. The molecule has 0 spiro atoms. The third kappa shape index (κ3) is 4.54. The van der Waals surface area contributed by atoms with Crippen LogP contribution >= 0.6 is 0 Å². The van der Waals surface area contributed by atoms with E-state index in [9.17, 15) is 0 Å². The highest BCUT2D eigenvalue weighted by Gasteiger charge is 2.39. The molecule has 1 fully saturated rings. The van der Waals surface area contributed by atoms with Crippen LogP contribution in [0.1, 0.15) is 60.3 Å². The first-order valence-corrected chi connectivity index (χ1v) is 9.97. The Morgan fingerprint density at radius 1 is 1.00 bits per heavy atom. The average molecular weight is 369 g/mol. The van der Waals surface area contributed by atoms with Crippen LogP contribution in [0.25, 0.3) is 0 Å². The Hall–Kier alpha value is -1.82. The van der Waals surface area contributed by atoms with Crippen LogP contribution in [0.4, 0.5) is 0 Å². The largest absolute Gasteiger partial charge is 0.381 e. The zero-order valence-corrected chi connectivity index (χ0v) is 16.8. The van der Waals surface area contributed by atoms with E-state index in [1.54, 1.807) is 0 Å². The third-order valence-corrected chi connectivity index (χ3v) is 5.71. The van der Waals surface area contributed by atoms with Crippen LogP contribution < -0.4 is 5.73 Å². The molecule has 3 rings (SSSR count). The number of hydrogen-bond acceptors (Lipinski definition) is 5. The van der Waals surface area contributed by atoms with Gasteiger partial charge >= 0.3 is 0 Å². The Morgan fingerprint density at radius 2 is 1.56 bits per heavy atom. The molecule has 0 saturated carbocycles.